The molecule has 202 valence electrons. The van der Waals surface area contributed by atoms with Crippen LogP contribution in [-0.2, 0) is 21.0 Å². The Morgan fingerprint density at radius 2 is 1.95 bits per heavy atom. The van der Waals surface area contributed by atoms with Gasteiger partial charge in [-0.25, -0.2) is 4.79 Å². The van der Waals surface area contributed by atoms with Crippen molar-refractivity contribution in [3.05, 3.63) is 71.9 Å². The molecule has 3 aromatic rings. The first-order valence-corrected chi connectivity index (χ1v) is 13.2. The molecule has 5 rings (SSSR count). The van der Waals surface area contributed by atoms with Crippen molar-refractivity contribution in [3.63, 3.8) is 0 Å². The van der Waals surface area contributed by atoms with Crippen LogP contribution in [0.4, 0.5) is 4.79 Å². The number of nitrogens with one attached hydrogen (secondary N) is 2. The van der Waals surface area contributed by atoms with E-state index in [9.17, 15) is 19.5 Å². The second kappa shape index (κ2) is 11.7. The molecule has 0 spiro atoms. The van der Waals surface area contributed by atoms with Gasteiger partial charge in [0.15, 0.2) is 6.10 Å². The van der Waals surface area contributed by atoms with Crippen molar-refractivity contribution in [2.24, 2.45) is 5.16 Å². The summed E-state index contributed by atoms with van der Waals surface area (Å²) in [6.45, 7) is 0.229. The molecule has 3 amide bonds. The molecule has 1 aromatic heterocycles. The van der Waals surface area contributed by atoms with Crippen LogP contribution in [0.25, 0.3) is 10.9 Å². The summed E-state index contributed by atoms with van der Waals surface area (Å²) in [7, 11) is 0. The number of amides is 3. The van der Waals surface area contributed by atoms with Crippen molar-refractivity contribution in [2.45, 2.75) is 37.6 Å². The zero-order valence-corrected chi connectivity index (χ0v) is 22.3. The highest BCUT2D eigenvalue weighted by molar-refractivity contribution is 9.18. The number of carbonyl (C=O) groups is 3. The van der Waals surface area contributed by atoms with Gasteiger partial charge in [-0.15, -0.1) is 0 Å². The van der Waals surface area contributed by atoms with Gasteiger partial charge in [-0.05, 0) is 46.6 Å². The van der Waals surface area contributed by atoms with Gasteiger partial charge in [0.2, 0.25) is 5.91 Å². The lowest BCUT2D eigenvalue weighted by atomic mass is 10.1. The Bertz CT molecular complexity index is 1430. The molecular formula is C27H26BrN5O6. The average molecular weight is 596 g/mol. The summed E-state index contributed by atoms with van der Waals surface area (Å²) in [5.74, 6) is -1.06. The summed E-state index contributed by atoms with van der Waals surface area (Å²) in [4.78, 5) is 50.0. The van der Waals surface area contributed by atoms with E-state index in [2.05, 4.69) is 36.7 Å². The minimum atomic E-state index is -0.882. The molecule has 1 fully saturated rings. The number of nitrogens with zero attached hydrogens (tertiary/aromatic N) is 3. The Hall–Kier alpha value is -4.19. The molecule has 3 heterocycles. The third-order valence-electron chi connectivity index (χ3n) is 6.53. The number of pyridine rings is 1. The van der Waals surface area contributed by atoms with Crippen molar-refractivity contribution < 1.29 is 29.1 Å². The number of oxime groups is 1. The molecule has 2 aliphatic rings. The molecule has 0 aliphatic carbocycles. The number of halogens is 1. The molecule has 11 nitrogen and oxygen atoms in total. The number of hydrogen-bond donors (Lipinski definition) is 3. The van der Waals surface area contributed by atoms with Crippen molar-refractivity contribution >= 4 is 49.4 Å². The summed E-state index contributed by atoms with van der Waals surface area (Å²) in [6, 6.07) is 14.2. The maximum Gasteiger partial charge on any atom is 0.410 e. The first kappa shape index (κ1) is 26.4. The highest BCUT2D eigenvalue weighted by Crippen LogP contribution is 2.23. The van der Waals surface area contributed by atoms with Gasteiger partial charge in [-0.3, -0.25) is 19.5 Å². The van der Waals surface area contributed by atoms with E-state index in [4.69, 9.17) is 9.57 Å². The van der Waals surface area contributed by atoms with E-state index in [1.807, 2.05) is 30.3 Å². The smallest absolute Gasteiger partial charge is 0.410 e. The van der Waals surface area contributed by atoms with Gasteiger partial charge in [0, 0.05) is 36.2 Å². The molecule has 1 saturated heterocycles. The Labute approximate surface area is 232 Å². The predicted molar refractivity (Wildman–Crippen MR) is 145 cm³/mol. The number of fused-ring (bicyclic) bond motifs is 1. The van der Waals surface area contributed by atoms with E-state index in [1.165, 1.54) is 17.0 Å². The number of phenolic OH excluding ortho intramolecular Hbond substituents is 1. The van der Waals surface area contributed by atoms with Crippen LogP contribution in [-0.4, -0.2) is 68.8 Å². The van der Waals surface area contributed by atoms with E-state index < -0.39 is 30.0 Å². The molecule has 2 aliphatic heterocycles. The molecule has 12 heteroatoms. The zero-order chi connectivity index (χ0) is 27.4. The lowest BCUT2D eigenvalue weighted by molar-refractivity contribution is -0.125. The lowest BCUT2D eigenvalue weighted by Crippen LogP contribution is -2.47. The number of benzene rings is 2. The fraction of sp³-hybridized carbons (Fsp3) is 0.296. The highest BCUT2D eigenvalue weighted by atomic mass is 79.9. The number of ether oxygens (including phenoxy) is 1. The standard InChI is InChI=1S/C27H26BrN5O6/c28-24-11-19(39-32-24)13-30-26(36)22-10-18(31-25(35)20-6-2-4-8-23(20)34)14-33(22)27(37)38-15-16-9-17-5-1-3-7-21(17)29-12-16/h1-9,12,18-19,22,34H,10-11,13-15H2,(H,30,36)(H,31,35)/t18-,19+,22+/m1/s1. The minimum Gasteiger partial charge on any atom is -0.507 e. The summed E-state index contributed by atoms with van der Waals surface area (Å²) in [6.07, 6.45) is 1.33. The lowest BCUT2D eigenvalue weighted by Gasteiger charge is -2.23. The van der Waals surface area contributed by atoms with E-state index in [-0.39, 0.29) is 43.5 Å². The molecule has 0 bridgehead atoms. The summed E-state index contributed by atoms with van der Waals surface area (Å²) >= 11 is 3.27. The Morgan fingerprint density at radius 1 is 1.15 bits per heavy atom. The molecule has 0 radical (unpaired) electrons. The molecule has 0 saturated carbocycles. The Balaban J connectivity index is 1.26. The van der Waals surface area contributed by atoms with Gasteiger partial charge in [0.25, 0.3) is 5.91 Å². The van der Waals surface area contributed by atoms with Crippen LogP contribution in [0.2, 0.25) is 0 Å². The van der Waals surface area contributed by atoms with Gasteiger partial charge in [-0.1, -0.05) is 35.5 Å². The van der Waals surface area contributed by atoms with Gasteiger partial charge < -0.3 is 25.3 Å². The van der Waals surface area contributed by atoms with Crippen LogP contribution in [0.15, 0.2) is 65.9 Å². The fourth-order valence-corrected chi connectivity index (χ4v) is 5.02. The monoisotopic (exact) mass is 595 g/mol. The molecule has 3 atom stereocenters. The molecular weight excluding hydrogens is 570 g/mol. The van der Waals surface area contributed by atoms with Gasteiger partial charge in [0.05, 0.1) is 17.6 Å². The molecule has 2 aromatic carbocycles. The highest BCUT2D eigenvalue weighted by Gasteiger charge is 2.41. The van der Waals surface area contributed by atoms with Gasteiger partial charge in [0.1, 0.15) is 23.0 Å². The van der Waals surface area contributed by atoms with Crippen molar-refractivity contribution in [1.82, 2.24) is 20.5 Å². The number of carbonyl (C=O) groups excluding carboxylic acids is 3. The predicted octanol–water partition coefficient (Wildman–Crippen LogP) is 3.06. The number of rotatable bonds is 7. The SMILES string of the molecule is O=C(N[C@@H]1C[C@@H](C(=O)NC[C@@H]2CC(Br)=NO2)N(C(=O)OCc2cnc3ccccc3c2)C1)c1ccccc1O. The quantitative estimate of drug-likeness (QED) is 0.381. The summed E-state index contributed by atoms with van der Waals surface area (Å²) < 4.78 is 6.21. The van der Waals surface area contributed by atoms with Crippen molar-refractivity contribution in [3.8, 4) is 5.75 Å². The van der Waals surface area contributed by atoms with E-state index >= 15 is 0 Å². The first-order valence-electron chi connectivity index (χ1n) is 12.4. The second-order valence-electron chi connectivity index (χ2n) is 9.33. The number of aromatic nitrogens is 1. The third-order valence-corrected chi connectivity index (χ3v) is 7.00. The van der Waals surface area contributed by atoms with Crippen LogP contribution in [0.5, 0.6) is 5.75 Å². The van der Waals surface area contributed by atoms with E-state index in [1.54, 1.807) is 18.3 Å². The number of likely N-dealkylation sites (tertiary alicyclic amines) is 1. The maximum atomic E-state index is 13.2. The molecule has 0 unspecified atom stereocenters. The zero-order valence-electron chi connectivity index (χ0n) is 20.7. The maximum absolute atomic E-state index is 13.2. The van der Waals surface area contributed by atoms with Gasteiger partial charge in [-0.2, -0.15) is 0 Å². The topological polar surface area (TPSA) is 142 Å². The Morgan fingerprint density at radius 3 is 2.74 bits per heavy atom. The van der Waals surface area contributed by atoms with E-state index in [0.717, 1.165) is 10.9 Å². The number of phenols is 1. The van der Waals surface area contributed by atoms with Crippen molar-refractivity contribution in [2.75, 3.05) is 13.1 Å². The number of para-hydroxylation sites is 2. The number of hydrogen-bond acceptors (Lipinski definition) is 8. The summed E-state index contributed by atoms with van der Waals surface area (Å²) in [5, 5.41) is 20.4. The third kappa shape index (κ3) is 6.28. The average Bonchev–Trinajstić information content (AvgIpc) is 3.56. The van der Waals surface area contributed by atoms with Crippen LogP contribution >= 0.6 is 15.9 Å². The van der Waals surface area contributed by atoms with Gasteiger partial charge >= 0.3 is 6.09 Å². The van der Waals surface area contributed by atoms with E-state index in [0.29, 0.717) is 16.6 Å². The van der Waals surface area contributed by atoms with Crippen LogP contribution in [0, 0.1) is 0 Å². The Kier molecular flexibility index (Phi) is 7.92. The first-order chi connectivity index (χ1) is 18.9. The van der Waals surface area contributed by atoms with Crippen LogP contribution in [0.1, 0.15) is 28.8 Å². The normalized spacial score (nSPS) is 20.3. The number of aromatic hydroxyl groups is 1. The van der Waals surface area contributed by atoms with Crippen molar-refractivity contribution in [1.29, 1.82) is 0 Å². The molecule has 3 N–H and O–H groups in total. The second-order valence-corrected chi connectivity index (χ2v) is 10.2. The fourth-order valence-electron chi connectivity index (χ4n) is 4.58. The van der Waals surface area contributed by atoms with Crippen LogP contribution in [0.3, 0.4) is 0 Å². The minimum absolute atomic E-state index is 0.0301. The largest absolute Gasteiger partial charge is 0.507 e. The van der Waals surface area contributed by atoms with Crippen LogP contribution < -0.4 is 10.6 Å². The summed E-state index contributed by atoms with van der Waals surface area (Å²) in [5.41, 5.74) is 1.64. The molecule has 39 heavy (non-hydrogen) atoms.